The summed E-state index contributed by atoms with van der Waals surface area (Å²) in [6.45, 7) is 4.53. The lowest BCUT2D eigenvalue weighted by molar-refractivity contribution is 0.0938. The van der Waals surface area contributed by atoms with E-state index in [2.05, 4.69) is 10.4 Å². The van der Waals surface area contributed by atoms with E-state index in [-0.39, 0.29) is 12.2 Å². The Morgan fingerprint density at radius 1 is 1.16 bits per heavy atom. The van der Waals surface area contributed by atoms with Crippen molar-refractivity contribution in [2.45, 2.75) is 26.8 Å². The highest BCUT2D eigenvalue weighted by Gasteiger charge is 2.20. The van der Waals surface area contributed by atoms with Gasteiger partial charge in [-0.25, -0.2) is 4.79 Å². The van der Waals surface area contributed by atoms with Crippen molar-refractivity contribution in [3.8, 4) is 5.69 Å². The predicted octanol–water partition coefficient (Wildman–Crippen LogP) is 2.48. The average molecular weight is 457 g/mol. The standard InChI is InChI=1S/C23H25ClN4O4/c1-15-6-4-7-17(12-15)14-27-22(30)20(21(29)25-10-5-11-32-3)26-28(23(27)31)18-9-8-16(2)19(24)13-18/h4,6-9,12-13H,5,10-11,14H2,1-3H3,(H,25,29). The van der Waals surface area contributed by atoms with Crippen LogP contribution in [0.1, 0.15) is 33.6 Å². The maximum absolute atomic E-state index is 13.2. The third-order valence-corrected chi connectivity index (χ3v) is 5.32. The average Bonchev–Trinajstić information content (AvgIpc) is 2.76. The van der Waals surface area contributed by atoms with E-state index < -0.39 is 17.2 Å². The van der Waals surface area contributed by atoms with Crippen molar-refractivity contribution < 1.29 is 9.53 Å². The molecule has 1 amide bonds. The van der Waals surface area contributed by atoms with E-state index >= 15 is 0 Å². The summed E-state index contributed by atoms with van der Waals surface area (Å²) in [4.78, 5) is 39.0. The van der Waals surface area contributed by atoms with Crippen LogP contribution < -0.4 is 16.6 Å². The second-order valence-electron chi connectivity index (χ2n) is 7.46. The van der Waals surface area contributed by atoms with Crippen LogP contribution in [-0.4, -0.2) is 40.5 Å². The maximum atomic E-state index is 13.2. The van der Waals surface area contributed by atoms with Gasteiger partial charge in [0.05, 0.1) is 12.2 Å². The van der Waals surface area contributed by atoms with Crippen LogP contribution in [0, 0.1) is 13.8 Å². The minimum Gasteiger partial charge on any atom is -0.385 e. The lowest BCUT2D eigenvalue weighted by Crippen LogP contribution is -2.46. The van der Waals surface area contributed by atoms with Crippen molar-refractivity contribution in [1.82, 2.24) is 19.7 Å². The lowest BCUT2D eigenvalue weighted by Gasteiger charge is -2.13. The molecule has 0 aliphatic rings. The molecule has 0 aliphatic carbocycles. The molecule has 1 heterocycles. The molecule has 0 fully saturated rings. The van der Waals surface area contributed by atoms with Gasteiger partial charge in [-0.05, 0) is 43.5 Å². The summed E-state index contributed by atoms with van der Waals surface area (Å²) >= 11 is 6.23. The number of amides is 1. The molecule has 0 radical (unpaired) electrons. The summed E-state index contributed by atoms with van der Waals surface area (Å²) in [5.41, 5.74) is 1.15. The number of rotatable bonds is 8. The van der Waals surface area contributed by atoms with Gasteiger partial charge in [-0.15, -0.1) is 0 Å². The first-order valence-electron chi connectivity index (χ1n) is 10.1. The number of aryl methyl sites for hydroxylation is 2. The number of aromatic nitrogens is 3. The maximum Gasteiger partial charge on any atom is 0.352 e. The highest BCUT2D eigenvalue weighted by molar-refractivity contribution is 6.31. The van der Waals surface area contributed by atoms with Gasteiger partial charge in [-0.2, -0.15) is 9.78 Å². The van der Waals surface area contributed by atoms with Crippen LogP contribution in [-0.2, 0) is 11.3 Å². The number of benzene rings is 2. The Morgan fingerprint density at radius 2 is 1.94 bits per heavy atom. The Morgan fingerprint density at radius 3 is 2.62 bits per heavy atom. The van der Waals surface area contributed by atoms with Gasteiger partial charge in [0.15, 0.2) is 0 Å². The van der Waals surface area contributed by atoms with Crippen molar-refractivity contribution in [2.75, 3.05) is 20.3 Å². The highest BCUT2D eigenvalue weighted by atomic mass is 35.5. The van der Waals surface area contributed by atoms with E-state index in [4.69, 9.17) is 16.3 Å². The Kier molecular flexibility index (Phi) is 7.61. The Bertz CT molecular complexity index is 1250. The minimum absolute atomic E-state index is 0.00537. The molecule has 1 aromatic heterocycles. The summed E-state index contributed by atoms with van der Waals surface area (Å²) in [5, 5.41) is 7.20. The van der Waals surface area contributed by atoms with Gasteiger partial charge in [0.1, 0.15) is 0 Å². The number of nitrogens with one attached hydrogen (secondary N) is 1. The summed E-state index contributed by atoms with van der Waals surface area (Å²) < 4.78 is 7.02. The van der Waals surface area contributed by atoms with Gasteiger partial charge in [0.25, 0.3) is 11.5 Å². The third kappa shape index (κ3) is 5.33. The van der Waals surface area contributed by atoms with Gasteiger partial charge < -0.3 is 10.1 Å². The topological polar surface area (TPSA) is 95.2 Å². The fraction of sp³-hybridized carbons (Fsp3) is 0.304. The van der Waals surface area contributed by atoms with Crippen molar-refractivity contribution in [3.63, 3.8) is 0 Å². The normalized spacial score (nSPS) is 10.9. The quantitative estimate of drug-likeness (QED) is 0.525. The Balaban J connectivity index is 2.11. The van der Waals surface area contributed by atoms with Gasteiger partial charge in [-0.1, -0.05) is 47.5 Å². The van der Waals surface area contributed by atoms with Crippen molar-refractivity contribution in [1.29, 1.82) is 0 Å². The molecule has 9 heteroatoms. The van der Waals surface area contributed by atoms with Crippen LogP contribution in [0.25, 0.3) is 5.69 Å². The fourth-order valence-corrected chi connectivity index (χ4v) is 3.35. The molecular formula is C23H25ClN4O4. The number of halogens is 1. The summed E-state index contributed by atoms with van der Waals surface area (Å²) in [7, 11) is 1.57. The van der Waals surface area contributed by atoms with Crippen LogP contribution in [0.5, 0.6) is 0 Å². The first kappa shape index (κ1) is 23.4. The first-order valence-corrected chi connectivity index (χ1v) is 10.5. The van der Waals surface area contributed by atoms with E-state index in [0.717, 1.165) is 25.9 Å². The van der Waals surface area contributed by atoms with E-state index in [1.54, 1.807) is 25.3 Å². The molecule has 0 bridgehead atoms. The number of nitrogens with zero attached hydrogens (tertiary/aromatic N) is 3. The molecule has 0 aliphatic heterocycles. The van der Waals surface area contributed by atoms with E-state index in [0.29, 0.717) is 30.3 Å². The molecule has 0 saturated carbocycles. The smallest absolute Gasteiger partial charge is 0.352 e. The second kappa shape index (κ2) is 10.4. The van der Waals surface area contributed by atoms with Gasteiger partial charge in [0.2, 0.25) is 5.69 Å². The molecule has 1 N–H and O–H groups in total. The number of ether oxygens (including phenoxy) is 1. The van der Waals surface area contributed by atoms with Gasteiger partial charge in [0, 0.05) is 25.3 Å². The SMILES string of the molecule is COCCCNC(=O)c1nn(-c2ccc(C)c(Cl)c2)c(=O)n(Cc2cccc(C)c2)c1=O. The van der Waals surface area contributed by atoms with Crippen LogP contribution in [0.15, 0.2) is 52.1 Å². The van der Waals surface area contributed by atoms with Crippen molar-refractivity contribution in [2.24, 2.45) is 0 Å². The van der Waals surface area contributed by atoms with Crippen LogP contribution in [0.4, 0.5) is 0 Å². The second-order valence-corrected chi connectivity index (χ2v) is 7.87. The number of methoxy groups -OCH3 is 1. The number of carbonyl (C=O) groups is 1. The summed E-state index contributed by atoms with van der Waals surface area (Å²) in [6.07, 6.45) is 0.576. The lowest BCUT2D eigenvalue weighted by atomic mass is 10.1. The molecular weight excluding hydrogens is 432 g/mol. The van der Waals surface area contributed by atoms with E-state index in [9.17, 15) is 14.4 Å². The van der Waals surface area contributed by atoms with Gasteiger partial charge in [-0.3, -0.25) is 14.2 Å². The van der Waals surface area contributed by atoms with Crippen LogP contribution >= 0.6 is 11.6 Å². The molecule has 8 nitrogen and oxygen atoms in total. The molecule has 0 atom stereocenters. The number of hydrogen-bond donors (Lipinski definition) is 1. The zero-order chi connectivity index (χ0) is 23.3. The molecule has 2 aromatic carbocycles. The molecule has 0 spiro atoms. The summed E-state index contributed by atoms with van der Waals surface area (Å²) in [6, 6.07) is 12.4. The van der Waals surface area contributed by atoms with Crippen LogP contribution in [0.2, 0.25) is 5.02 Å². The zero-order valence-corrected chi connectivity index (χ0v) is 19.0. The highest BCUT2D eigenvalue weighted by Crippen LogP contribution is 2.18. The number of carbonyl (C=O) groups excluding carboxylic acids is 1. The fourth-order valence-electron chi connectivity index (χ4n) is 3.17. The zero-order valence-electron chi connectivity index (χ0n) is 18.2. The molecule has 0 unspecified atom stereocenters. The van der Waals surface area contributed by atoms with E-state index in [1.165, 1.54) is 0 Å². The van der Waals surface area contributed by atoms with E-state index in [1.807, 2.05) is 38.1 Å². The minimum atomic E-state index is -0.754. The monoisotopic (exact) mass is 456 g/mol. The van der Waals surface area contributed by atoms with Crippen molar-refractivity contribution >= 4 is 17.5 Å². The molecule has 3 rings (SSSR count). The molecule has 32 heavy (non-hydrogen) atoms. The Hall–Kier alpha value is -3.23. The number of hydrogen-bond acceptors (Lipinski definition) is 5. The van der Waals surface area contributed by atoms with Gasteiger partial charge >= 0.3 is 5.69 Å². The largest absolute Gasteiger partial charge is 0.385 e. The first-order chi connectivity index (χ1) is 15.3. The molecule has 168 valence electrons. The molecule has 0 saturated heterocycles. The van der Waals surface area contributed by atoms with Crippen molar-refractivity contribution in [3.05, 3.63) is 90.7 Å². The predicted molar refractivity (Wildman–Crippen MR) is 123 cm³/mol. The molecule has 3 aromatic rings. The Labute approximate surface area is 190 Å². The third-order valence-electron chi connectivity index (χ3n) is 4.91. The summed E-state index contributed by atoms with van der Waals surface area (Å²) in [5.74, 6) is -0.656. The van der Waals surface area contributed by atoms with Crippen LogP contribution in [0.3, 0.4) is 0 Å².